The van der Waals surface area contributed by atoms with E-state index in [1.54, 1.807) is 25.2 Å². The Balaban J connectivity index is 2.63. The molecule has 0 saturated carbocycles. The Hall–Kier alpha value is -2.44. The second kappa shape index (κ2) is 9.64. The molecule has 24 heavy (non-hydrogen) atoms. The second-order valence-corrected chi connectivity index (χ2v) is 5.68. The number of urea groups is 1. The first-order chi connectivity index (χ1) is 11.4. The van der Waals surface area contributed by atoms with E-state index in [2.05, 4.69) is 10.6 Å². The van der Waals surface area contributed by atoms with Gasteiger partial charge in [0.25, 0.3) is 0 Å². The van der Waals surface area contributed by atoms with Gasteiger partial charge in [0.2, 0.25) is 5.91 Å². The molecule has 0 radical (unpaired) electrons. The molecule has 0 aliphatic rings. The van der Waals surface area contributed by atoms with Crippen LogP contribution in [0, 0.1) is 0 Å². The molecule has 7 heteroatoms. The predicted octanol–water partition coefficient (Wildman–Crippen LogP) is 1.76. The number of ether oxygens (including phenoxy) is 2. The van der Waals surface area contributed by atoms with Gasteiger partial charge >= 0.3 is 6.03 Å². The molecule has 7 nitrogen and oxygen atoms in total. The highest BCUT2D eigenvalue weighted by molar-refractivity contribution is 5.75. The third-order valence-electron chi connectivity index (χ3n) is 3.35. The summed E-state index contributed by atoms with van der Waals surface area (Å²) >= 11 is 0. The van der Waals surface area contributed by atoms with E-state index in [0.29, 0.717) is 31.1 Å². The van der Waals surface area contributed by atoms with Gasteiger partial charge in [0.1, 0.15) is 0 Å². The van der Waals surface area contributed by atoms with Crippen molar-refractivity contribution >= 4 is 11.9 Å². The molecule has 0 atom stereocenters. The van der Waals surface area contributed by atoms with Crippen molar-refractivity contribution in [2.45, 2.75) is 33.4 Å². The standard InChI is InChI=1S/C17H27N3O4/c1-12(2)19-17(22)18-8-9-20(13(3)21)11-14-6-7-15(23-4)16(10-14)24-5/h6-7,10,12H,8-9,11H2,1-5H3,(H2,18,19,22). The van der Waals surface area contributed by atoms with Gasteiger partial charge in [-0.1, -0.05) is 6.07 Å². The third-order valence-corrected chi connectivity index (χ3v) is 3.35. The first-order valence-electron chi connectivity index (χ1n) is 7.88. The van der Waals surface area contributed by atoms with E-state index in [0.717, 1.165) is 5.56 Å². The Morgan fingerprint density at radius 1 is 1.17 bits per heavy atom. The van der Waals surface area contributed by atoms with Crippen LogP contribution in [0.3, 0.4) is 0 Å². The normalized spacial score (nSPS) is 10.2. The van der Waals surface area contributed by atoms with Crippen LogP contribution < -0.4 is 20.1 Å². The molecule has 0 aromatic heterocycles. The molecule has 0 aliphatic heterocycles. The summed E-state index contributed by atoms with van der Waals surface area (Å²) in [5.41, 5.74) is 0.925. The summed E-state index contributed by atoms with van der Waals surface area (Å²) < 4.78 is 10.5. The van der Waals surface area contributed by atoms with Gasteiger partial charge in [-0.05, 0) is 31.5 Å². The number of nitrogens with one attached hydrogen (secondary N) is 2. The quantitative estimate of drug-likeness (QED) is 0.757. The number of benzene rings is 1. The third kappa shape index (κ3) is 6.36. The van der Waals surface area contributed by atoms with Crippen LogP contribution in [0.5, 0.6) is 11.5 Å². The topological polar surface area (TPSA) is 79.9 Å². The smallest absolute Gasteiger partial charge is 0.315 e. The fourth-order valence-corrected chi connectivity index (χ4v) is 2.16. The van der Waals surface area contributed by atoms with Gasteiger partial charge < -0.3 is 25.0 Å². The summed E-state index contributed by atoms with van der Waals surface area (Å²) in [7, 11) is 3.15. The number of methoxy groups -OCH3 is 2. The number of carbonyl (C=O) groups excluding carboxylic acids is 2. The Bertz CT molecular complexity index is 561. The van der Waals surface area contributed by atoms with Gasteiger partial charge in [0.15, 0.2) is 11.5 Å². The Morgan fingerprint density at radius 2 is 1.83 bits per heavy atom. The van der Waals surface area contributed by atoms with Crippen molar-refractivity contribution in [2.24, 2.45) is 0 Å². The Kier molecular flexibility index (Phi) is 7.88. The molecule has 0 fully saturated rings. The van der Waals surface area contributed by atoms with Crippen LogP contribution in [0.1, 0.15) is 26.3 Å². The first kappa shape index (κ1) is 19.6. The monoisotopic (exact) mass is 337 g/mol. The number of carbonyl (C=O) groups is 2. The van der Waals surface area contributed by atoms with Crippen molar-refractivity contribution in [3.05, 3.63) is 23.8 Å². The highest BCUT2D eigenvalue weighted by Gasteiger charge is 2.12. The van der Waals surface area contributed by atoms with Crippen molar-refractivity contribution in [1.82, 2.24) is 15.5 Å². The Labute approximate surface area is 143 Å². The maximum absolute atomic E-state index is 11.8. The average molecular weight is 337 g/mol. The van der Waals surface area contributed by atoms with E-state index in [4.69, 9.17) is 9.47 Å². The molecular formula is C17H27N3O4. The molecule has 2 N–H and O–H groups in total. The van der Waals surface area contributed by atoms with E-state index < -0.39 is 0 Å². The molecule has 3 amide bonds. The zero-order valence-corrected chi connectivity index (χ0v) is 15.0. The number of nitrogens with zero attached hydrogens (tertiary/aromatic N) is 1. The molecule has 0 spiro atoms. The molecular weight excluding hydrogens is 310 g/mol. The molecule has 0 heterocycles. The summed E-state index contributed by atoms with van der Waals surface area (Å²) in [6.07, 6.45) is 0. The summed E-state index contributed by atoms with van der Waals surface area (Å²) in [4.78, 5) is 25.0. The minimum Gasteiger partial charge on any atom is -0.493 e. The van der Waals surface area contributed by atoms with Gasteiger partial charge in [0.05, 0.1) is 14.2 Å². The van der Waals surface area contributed by atoms with Crippen LogP contribution in [0.15, 0.2) is 18.2 Å². The lowest BCUT2D eigenvalue weighted by Crippen LogP contribution is -2.43. The van der Waals surface area contributed by atoms with Crippen molar-refractivity contribution in [1.29, 1.82) is 0 Å². The first-order valence-corrected chi connectivity index (χ1v) is 7.88. The minimum atomic E-state index is -0.236. The molecule has 134 valence electrons. The molecule has 1 rings (SSSR count). The zero-order chi connectivity index (χ0) is 18.1. The summed E-state index contributed by atoms with van der Waals surface area (Å²) in [6.45, 7) is 6.52. The zero-order valence-electron chi connectivity index (χ0n) is 15.0. The summed E-state index contributed by atoms with van der Waals surface area (Å²) in [5.74, 6) is 1.20. The largest absolute Gasteiger partial charge is 0.493 e. The van der Waals surface area contributed by atoms with E-state index in [1.165, 1.54) is 6.92 Å². The van der Waals surface area contributed by atoms with Crippen molar-refractivity contribution in [2.75, 3.05) is 27.3 Å². The molecule has 0 aliphatic carbocycles. The van der Waals surface area contributed by atoms with Crippen molar-refractivity contribution in [3.8, 4) is 11.5 Å². The van der Waals surface area contributed by atoms with Crippen LogP contribution >= 0.6 is 0 Å². The average Bonchev–Trinajstić information content (AvgIpc) is 2.52. The molecule has 0 saturated heterocycles. The van der Waals surface area contributed by atoms with Gasteiger partial charge in [-0.25, -0.2) is 4.79 Å². The maximum Gasteiger partial charge on any atom is 0.315 e. The molecule has 0 bridgehead atoms. The van der Waals surface area contributed by atoms with E-state index >= 15 is 0 Å². The fourth-order valence-electron chi connectivity index (χ4n) is 2.16. The molecule has 1 aromatic rings. The predicted molar refractivity (Wildman–Crippen MR) is 92.3 cm³/mol. The highest BCUT2D eigenvalue weighted by atomic mass is 16.5. The fraction of sp³-hybridized carbons (Fsp3) is 0.529. The van der Waals surface area contributed by atoms with Crippen LogP contribution in [-0.4, -0.2) is 50.2 Å². The SMILES string of the molecule is COc1ccc(CN(CCNC(=O)NC(C)C)C(C)=O)cc1OC. The summed E-state index contributed by atoms with van der Waals surface area (Å²) in [5, 5.41) is 5.48. The summed E-state index contributed by atoms with van der Waals surface area (Å²) in [6, 6.07) is 5.37. The van der Waals surface area contributed by atoms with Crippen LogP contribution in [0.4, 0.5) is 4.79 Å². The van der Waals surface area contributed by atoms with Crippen LogP contribution in [-0.2, 0) is 11.3 Å². The lowest BCUT2D eigenvalue weighted by molar-refractivity contribution is -0.129. The van der Waals surface area contributed by atoms with Gasteiger partial charge in [0, 0.05) is 32.6 Å². The number of hydrogen-bond donors (Lipinski definition) is 2. The van der Waals surface area contributed by atoms with Crippen LogP contribution in [0.2, 0.25) is 0 Å². The van der Waals surface area contributed by atoms with Gasteiger partial charge in [-0.2, -0.15) is 0 Å². The highest BCUT2D eigenvalue weighted by Crippen LogP contribution is 2.27. The van der Waals surface area contributed by atoms with Crippen molar-refractivity contribution < 1.29 is 19.1 Å². The molecule has 0 unspecified atom stereocenters. The van der Waals surface area contributed by atoms with E-state index in [1.807, 2.05) is 26.0 Å². The lowest BCUT2D eigenvalue weighted by Gasteiger charge is -2.22. The second-order valence-electron chi connectivity index (χ2n) is 5.68. The van der Waals surface area contributed by atoms with Gasteiger partial charge in [-0.3, -0.25) is 4.79 Å². The number of hydrogen-bond acceptors (Lipinski definition) is 4. The number of amides is 3. The molecule has 1 aromatic carbocycles. The number of rotatable bonds is 8. The van der Waals surface area contributed by atoms with Crippen molar-refractivity contribution in [3.63, 3.8) is 0 Å². The minimum absolute atomic E-state index is 0.0594. The maximum atomic E-state index is 11.8. The van der Waals surface area contributed by atoms with E-state index in [9.17, 15) is 9.59 Å². The van der Waals surface area contributed by atoms with Gasteiger partial charge in [-0.15, -0.1) is 0 Å². The van der Waals surface area contributed by atoms with E-state index in [-0.39, 0.29) is 18.0 Å². The Morgan fingerprint density at radius 3 is 2.38 bits per heavy atom. The van der Waals surface area contributed by atoms with Crippen LogP contribution in [0.25, 0.3) is 0 Å². The lowest BCUT2D eigenvalue weighted by atomic mass is 10.2.